The molecule has 0 spiro atoms. The van der Waals surface area contributed by atoms with Gasteiger partial charge in [0.1, 0.15) is 11.6 Å². The van der Waals surface area contributed by atoms with Gasteiger partial charge in [0.05, 0.1) is 0 Å². The van der Waals surface area contributed by atoms with Gasteiger partial charge in [-0.25, -0.2) is 0 Å². The molecule has 0 aliphatic heterocycles. The Morgan fingerprint density at radius 3 is 2.32 bits per heavy atom. The van der Waals surface area contributed by atoms with E-state index >= 15 is 0 Å². The van der Waals surface area contributed by atoms with Gasteiger partial charge in [-0.1, -0.05) is 44.2 Å². The first-order valence-corrected chi connectivity index (χ1v) is 8.40. The van der Waals surface area contributed by atoms with Gasteiger partial charge in [0, 0.05) is 24.1 Å². The van der Waals surface area contributed by atoms with Crippen molar-refractivity contribution in [1.82, 2.24) is 0 Å². The molecule has 0 aromatic heterocycles. The maximum atomic E-state index is 12.4. The predicted octanol–water partition coefficient (Wildman–Crippen LogP) is 4.68. The summed E-state index contributed by atoms with van der Waals surface area (Å²) in [5.74, 6) is 0.0254. The monoisotopic (exact) mass is 333 g/mol. The Hall–Kier alpha value is -3.06. The van der Waals surface area contributed by atoms with E-state index < -0.39 is 5.91 Å². The lowest BCUT2D eigenvalue weighted by Crippen LogP contribution is -2.20. The van der Waals surface area contributed by atoms with E-state index in [2.05, 4.69) is 19.2 Å². The van der Waals surface area contributed by atoms with Gasteiger partial charge in [0.15, 0.2) is 0 Å². The fraction of sp³-hybridized carbons (Fsp3) is 0.238. The van der Waals surface area contributed by atoms with Crippen LogP contribution in [0, 0.1) is 11.3 Å². The number of nitriles is 1. The molecule has 0 atom stereocenters. The molecule has 1 N–H and O–H groups in total. The van der Waals surface area contributed by atoms with E-state index in [1.165, 1.54) is 5.56 Å². The van der Waals surface area contributed by atoms with Crippen LogP contribution in [0.2, 0.25) is 0 Å². The highest BCUT2D eigenvalue weighted by molar-refractivity contribution is 6.06. The molecule has 1 amide bonds. The number of hydrogen-bond acceptors (Lipinski definition) is 3. The SMILES string of the molecule is CCN(/C=C(/C#N)C(=O)Nc1ccc(C(C)C)cc1)c1ccccc1. The van der Waals surface area contributed by atoms with Crippen molar-refractivity contribution < 1.29 is 4.79 Å². The van der Waals surface area contributed by atoms with Gasteiger partial charge in [0.2, 0.25) is 0 Å². The molecular weight excluding hydrogens is 310 g/mol. The minimum atomic E-state index is -0.408. The molecule has 0 heterocycles. The number of hydrogen-bond donors (Lipinski definition) is 1. The average molecular weight is 333 g/mol. The Morgan fingerprint density at radius 1 is 1.16 bits per heavy atom. The Morgan fingerprint density at radius 2 is 1.80 bits per heavy atom. The highest BCUT2D eigenvalue weighted by Gasteiger charge is 2.12. The summed E-state index contributed by atoms with van der Waals surface area (Å²) in [6.07, 6.45) is 1.59. The smallest absolute Gasteiger partial charge is 0.267 e. The molecule has 0 unspecified atom stereocenters. The van der Waals surface area contributed by atoms with Crippen LogP contribution in [0.1, 0.15) is 32.3 Å². The Kier molecular flexibility index (Phi) is 6.36. The second-order valence-corrected chi connectivity index (χ2v) is 6.01. The molecule has 2 rings (SSSR count). The summed E-state index contributed by atoms with van der Waals surface area (Å²) in [6, 6.07) is 19.3. The van der Waals surface area contributed by atoms with Crippen LogP contribution < -0.4 is 10.2 Å². The van der Waals surface area contributed by atoms with Crippen molar-refractivity contribution in [2.24, 2.45) is 0 Å². The summed E-state index contributed by atoms with van der Waals surface area (Å²) in [6.45, 7) is 6.87. The number of carbonyl (C=O) groups excluding carboxylic acids is 1. The van der Waals surface area contributed by atoms with E-state index in [0.717, 1.165) is 5.69 Å². The van der Waals surface area contributed by atoms with Crippen LogP contribution in [0.3, 0.4) is 0 Å². The third kappa shape index (κ3) is 4.95. The fourth-order valence-electron chi connectivity index (χ4n) is 2.41. The maximum Gasteiger partial charge on any atom is 0.267 e. The van der Waals surface area contributed by atoms with Crippen molar-refractivity contribution in [2.75, 3.05) is 16.8 Å². The molecule has 0 aliphatic carbocycles. The van der Waals surface area contributed by atoms with Crippen molar-refractivity contribution in [3.05, 3.63) is 71.9 Å². The van der Waals surface area contributed by atoms with Gasteiger partial charge in [-0.05, 0) is 42.7 Å². The number of amides is 1. The number of carbonyl (C=O) groups is 1. The standard InChI is InChI=1S/C21H23N3O/c1-4-24(20-8-6-5-7-9-20)15-18(14-22)21(25)23-19-12-10-17(11-13-19)16(2)3/h5-13,15-16H,4H2,1-3H3,(H,23,25)/b18-15-. The van der Waals surface area contributed by atoms with Crippen LogP contribution in [-0.4, -0.2) is 12.5 Å². The molecule has 25 heavy (non-hydrogen) atoms. The summed E-state index contributed by atoms with van der Waals surface area (Å²) in [7, 11) is 0. The topological polar surface area (TPSA) is 56.1 Å². The fourth-order valence-corrected chi connectivity index (χ4v) is 2.41. The summed E-state index contributed by atoms with van der Waals surface area (Å²) >= 11 is 0. The zero-order valence-electron chi connectivity index (χ0n) is 14.9. The molecule has 0 saturated carbocycles. The lowest BCUT2D eigenvalue weighted by Gasteiger charge is -2.18. The molecular formula is C21H23N3O. The number of nitrogens with zero attached hydrogens (tertiary/aromatic N) is 2. The Labute approximate surface area is 149 Å². The van der Waals surface area contributed by atoms with E-state index in [-0.39, 0.29) is 5.57 Å². The largest absolute Gasteiger partial charge is 0.347 e. The molecule has 4 nitrogen and oxygen atoms in total. The Bertz CT molecular complexity index is 771. The zero-order chi connectivity index (χ0) is 18.2. The van der Waals surface area contributed by atoms with Crippen LogP contribution >= 0.6 is 0 Å². The minimum absolute atomic E-state index is 0.0682. The number of rotatable bonds is 6. The first-order chi connectivity index (χ1) is 12.0. The number of benzene rings is 2. The molecule has 128 valence electrons. The van der Waals surface area contributed by atoms with Gasteiger partial charge in [-0.2, -0.15) is 5.26 Å². The predicted molar refractivity (Wildman–Crippen MR) is 102 cm³/mol. The summed E-state index contributed by atoms with van der Waals surface area (Å²) in [5.41, 5.74) is 2.89. The van der Waals surface area contributed by atoms with Crippen molar-refractivity contribution >= 4 is 17.3 Å². The average Bonchev–Trinajstić information content (AvgIpc) is 2.63. The number of anilines is 2. The lowest BCUT2D eigenvalue weighted by molar-refractivity contribution is -0.112. The van der Waals surface area contributed by atoms with Crippen molar-refractivity contribution in [3.8, 4) is 6.07 Å². The second-order valence-electron chi connectivity index (χ2n) is 6.01. The Balaban J connectivity index is 2.16. The molecule has 0 radical (unpaired) electrons. The molecule has 0 saturated heterocycles. The van der Waals surface area contributed by atoms with E-state index in [4.69, 9.17) is 0 Å². The van der Waals surface area contributed by atoms with Crippen molar-refractivity contribution in [3.63, 3.8) is 0 Å². The zero-order valence-corrected chi connectivity index (χ0v) is 14.9. The lowest BCUT2D eigenvalue weighted by atomic mass is 10.0. The number of para-hydroxylation sites is 1. The van der Waals surface area contributed by atoms with Crippen LogP contribution in [0.5, 0.6) is 0 Å². The molecule has 2 aromatic carbocycles. The van der Waals surface area contributed by atoms with E-state index in [1.807, 2.05) is 72.5 Å². The van der Waals surface area contributed by atoms with Gasteiger partial charge in [-0.15, -0.1) is 0 Å². The van der Waals surface area contributed by atoms with E-state index in [1.54, 1.807) is 6.20 Å². The van der Waals surface area contributed by atoms with Crippen LogP contribution in [0.15, 0.2) is 66.4 Å². The van der Waals surface area contributed by atoms with Crippen LogP contribution in [-0.2, 0) is 4.79 Å². The maximum absolute atomic E-state index is 12.4. The van der Waals surface area contributed by atoms with Gasteiger partial charge >= 0.3 is 0 Å². The molecule has 0 fully saturated rings. The third-order valence-electron chi connectivity index (χ3n) is 3.91. The van der Waals surface area contributed by atoms with Gasteiger partial charge in [-0.3, -0.25) is 4.79 Å². The quantitative estimate of drug-likeness (QED) is 0.617. The van der Waals surface area contributed by atoms with E-state index in [0.29, 0.717) is 18.2 Å². The van der Waals surface area contributed by atoms with Crippen LogP contribution in [0.25, 0.3) is 0 Å². The van der Waals surface area contributed by atoms with Gasteiger partial charge in [0.25, 0.3) is 5.91 Å². The summed E-state index contributed by atoms with van der Waals surface area (Å²) in [4.78, 5) is 14.3. The normalized spacial score (nSPS) is 11.1. The number of nitrogens with one attached hydrogen (secondary N) is 1. The highest BCUT2D eigenvalue weighted by atomic mass is 16.1. The first kappa shape index (κ1) is 18.3. The molecule has 0 aliphatic rings. The molecule has 0 bridgehead atoms. The van der Waals surface area contributed by atoms with E-state index in [9.17, 15) is 10.1 Å². The first-order valence-electron chi connectivity index (χ1n) is 8.40. The molecule has 2 aromatic rings. The highest BCUT2D eigenvalue weighted by Crippen LogP contribution is 2.18. The van der Waals surface area contributed by atoms with Gasteiger partial charge < -0.3 is 10.2 Å². The molecule has 4 heteroatoms. The van der Waals surface area contributed by atoms with Crippen LogP contribution in [0.4, 0.5) is 11.4 Å². The summed E-state index contributed by atoms with van der Waals surface area (Å²) in [5, 5.41) is 12.2. The summed E-state index contributed by atoms with van der Waals surface area (Å²) < 4.78 is 0. The minimum Gasteiger partial charge on any atom is -0.347 e. The van der Waals surface area contributed by atoms with Crippen molar-refractivity contribution in [1.29, 1.82) is 5.26 Å². The third-order valence-corrected chi connectivity index (χ3v) is 3.91. The van der Waals surface area contributed by atoms with Crippen molar-refractivity contribution in [2.45, 2.75) is 26.7 Å². The second kappa shape index (κ2) is 8.70.